The van der Waals surface area contributed by atoms with Gasteiger partial charge in [0, 0.05) is 30.6 Å². The molecule has 2 heterocycles. The average molecular weight is 537 g/mol. The summed E-state index contributed by atoms with van der Waals surface area (Å²) in [5.41, 5.74) is 2.19. The highest BCUT2D eigenvalue weighted by Crippen LogP contribution is 2.34. The van der Waals surface area contributed by atoms with Crippen LogP contribution < -0.4 is 9.47 Å². The first-order valence-electron chi connectivity index (χ1n) is 12.8. The van der Waals surface area contributed by atoms with Crippen molar-refractivity contribution in [3.63, 3.8) is 0 Å². The van der Waals surface area contributed by atoms with Gasteiger partial charge in [0.05, 0.1) is 39.0 Å². The Labute approximate surface area is 228 Å². The molecule has 1 aliphatic rings. The monoisotopic (exact) mass is 536 g/mol. The number of carbonyl (C=O) groups is 1. The van der Waals surface area contributed by atoms with Gasteiger partial charge in [0.2, 0.25) is 5.91 Å². The van der Waals surface area contributed by atoms with Gasteiger partial charge in [0.1, 0.15) is 18.1 Å². The summed E-state index contributed by atoms with van der Waals surface area (Å²) in [5.74, 6) is 1.42. The number of thiophene rings is 1. The molecule has 4 rings (SSSR count). The second-order valence-corrected chi connectivity index (χ2v) is 10.3. The zero-order valence-corrected chi connectivity index (χ0v) is 22.6. The Balaban J connectivity index is 1.36. The van der Waals surface area contributed by atoms with Gasteiger partial charge >= 0.3 is 0 Å². The highest BCUT2D eigenvalue weighted by Gasteiger charge is 2.33. The molecule has 7 nitrogen and oxygen atoms in total. The Hall–Kier alpha value is -3.17. The Morgan fingerprint density at radius 2 is 2.03 bits per heavy atom. The van der Waals surface area contributed by atoms with Gasteiger partial charge in [-0.15, -0.1) is 17.9 Å². The molecular weight excluding hydrogens is 500 g/mol. The molecule has 2 aromatic carbocycles. The predicted molar refractivity (Wildman–Crippen MR) is 150 cm³/mol. The van der Waals surface area contributed by atoms with Crippen LogP contribution >= 0.6 is 11.3 Å². The van der Waals surface area contributed by atoms with Crippen molar-refractivity contribution in [2.75, 3.05) is 46.5 Å². The number of rotatable bonds is 14. The van der Waals surface area contributed by atoms with Crippen molar-refractivity contribution in [2.45, 2.75) is 25.2 Å². The third-order valence-corrected chi connectivity index (χ3v) is 7.50. The van der Waals surface area contributed by atoms with Crippen molar-refractivity contribution >= 4 is 17.2 Å². The Bertz CT molecular complexity index is 1170. The van der Waals surface area contributed by atoms with Crippen molar-refractivity contribution in [2.24, 2.45) is 0 Å². The lowest BCUT2D eigenvalue weighted by atomic mass is 10.0. The fourth-order valence-corrected chi connectivity index (χ4v) is 5.58. The van der Waals surface area contributed by atoms with Gasteiger partial charge in [-0.1, -0.05) is 42.5 Å². The quantitative estimate of drug-likeness (QED) is 0.310. The molecule has 1 aliphatic heterocycles. The molecule has 202 valence electrons. The Morgan fingerprint density at radius 3 is 2.82 bits per heavy atom. The van der Waals surface area contributed by atoms with E-state index in [9.17, 15) is 9.90 Å². The fourth-order valence-electron chi connectivity index (χ4n) is 4.65. The number of ether oxygens (including phenoxy) is 3. The van der Waals surface area contributed by atoms with Crippen LogP contribution in [0, 0.1) is 0 Å². The minimum absolute atomic E-state index is 0.000321. The van der Waals surface area contributed by atoms with Gasteiger partial charge in [-0.25, -0.2) is 0 Å². The summed E-state index contributed by atoms with van der Waals surface area (Å²) >= 11 is 1.72. The second-order valence-electron chi connectivity index (χ2n) is 9.28. The van der Waals surface area contributed by atoms with Crippen LogP contribution in [-0.4, -0.2) is 73.4 Å². The number of aliphatic hydroxyl groups excluding tert-OH is 1. The van der Waals surface area contributed by atoms with Crippen molar-refractivity contribution in [3.8, 4) is 11.5 Å². The molecule has 1 amide bonds. The Kier molecular flexibility index (Phi) is 10.3. The number of amides is 1. The zero-order chi connectivity index (χ0) is 26.7. The molecule has 0 bridgehead atoms. The maximum absolute atomic E-state index is 13.6. The van der Waals surface area contributed by atoms with Gasteiger partial charge < -0.3 is 24.2 Å². The topological polar surface area (TPSA) is 71.5 Å². The van der Waals surface area contributed by atoms with Gasteiger partial charge in [-0.3, -0.25) is 9.69 Å². The summed E-state index contributed by atoms with van der Waals surface area (Å²) in [4.78, 5) is 18.7. The molecule has 0 aliphatic carbocycles. The van der Waals surface area contributed by atoms with E-state index in [1.165, 1.54) is 4.88 Å². The molecule has 0 fully saturated rings. The molecule has 3 aromatic rings. The smallest absolute Gasteiger partial charge is 0.237 e. The van der Waals surface area contributed by atoms with Crippen LogP contribution in [0.25, 0.3) is 0 Å². The first-order valence-corrected chi connectivity index (χ1v) is 13.7. The van der Waals surface area contributed by atoms with Crippen LogP contribution in [0.3, 0.4) is 0 Å². The molecule has 1 N–H and O–H groups in total. The number of hydrogen-bond donors (Lipinski definition) is 1. The molecule has 0 saturated heterocycles. The van der Waals surface area contributed by atoms with Crippen LogP contribution in [0.1, 0.15) is 22.0 Å². The van der Waals surface area contributed by atoms with Gasteiger partial charge in [0.15, 0.2) is 0 Å². The van der Waals surface area contributed by atoms with Crippen molar-refractivity contribution < 1.29 is 24.1 Å². The van der Waals surface area contributed by atoms with E-state index >= 15 is 0 Å². The summed E-state index contributed by atoms with van der Waals surface area (Å²) < 4.78 is 17.1. The van der Waals surface area contributed by atoms with Crippen LogP contribution in [0.2, 0.25) is 0 Å². The summed E-state index contributed by atoms with van der Waals surface area (Å²) in [7, 11) is 1.62. The van der Waals surface area contributed by atoms with Crippen LogP contribution in [-0.2, 0) is 22.6 Å². The van der Waals surface area contributed by atoms with Crippen molar-refractivity contribution in [1.82, 2.24) is 9.80 Å². The number of hydrogen-bond acceptors (Lipinski definition) is 7. The fraction of sp³-hybridized carbons (Fsp3) is 0.367. The van der Waals surface area contributed by atoms with Crippen molar-refractivity contribution in [1.29, 1.82) is 0 Å². The Morgan fingerprint density at radius 1 is 1.21 bits per heavy atom. The molecular formula is C30H36N2O5S. The van der Waals surface area contributed by atoms with E-state index in [4.69, 9.17) is 14.2 Å². The van der Waals surface area contributed by atoms with Gasteiger partial charge in [0.25, 0.3) is 0 Å². The minimum Gasteiger partial charge on any atom is -0.497 e. The maximum Gasteiger partial charge on any atom is 0.237 e. The highest BCUT2D eigenvalue weighted by molar-refractivity contribution is 7.10. The van der Waals surface area contributed by atoms with E-state index in [1.807, 2.05) is 64.4 Å². The lowest BCUT2D eigenvalue weighted by molar-refractivity contribution is -0.136. The molecule has 38 heavy (non-hydrogen) atoms. The number of fused-ring (bicyclic) bond motifs is 1. The van der Waals surface area contributed by atoms with E-state index < -0.39 is 6.10 Å². The molecule has 0 radical (unpaired) electrons. The maximum atomic E-state index is 13.6. The third-order valence-electron chi connectivity index (χ3n) is 6.50. The van der Waals surface area contributed by atoms with E-state index in [-0.39, 0.29) is 25.1 Å². The largest absolute Gasteiger partial charge is 0.497 e. The number of nitrogens with zero attached hydrogens (tertiary/aromatic N) is 2. The van der Waals surface area contributed by atoms with Crippen LogP contribution in [0.4, 0.5) is 0 Å². The van der Waals surface area contributed by atoms with Gasteiger partial charge in [-0.05, 0) is 41.1 Å². The standard InChI is InChI=1S/C30H36N2O5S/c1-3-14-31(18-24(33)21-36-20-23-8-5-4-6-9-23)19-30(34)32-15-12-29-27(13-16-38-29)28(32)22-37-26-11-7-10-25(17-26)35-2/h3-11,13,16-17,24,28,33H,1,12,14-15,18-22H2,2H3/t24-,28-/m1/s1. The molecule has 0 unspecified atom stereocenters. The SMILES string of the molecule is C=CCN(CC(=O)N1CCc2sccc2[C@H]1COc1cccc(OC)c1)C[C@@H](O)COCc1ccccc1. The zero-order valence-electron chi connectivity index (χ0n) is 21.8. The first-order chi connectivity index (χ1) is 18.6. The van der Waals surface area contributed by atoms with E-state index in [0.29, 0.717) is 38.6 Å². The second kappa shape index (κ2) is 14.1. The molecule has 0 spiro atoms. The van der Waals surface area contributed by atoms with Crippen LogP contribution in [0.15, 0.2) is 78.7 Å². The lowest BCUT2D eigenvalue weighted by Gasteiger charge is -2.37. The lowest BCUT2D eigenvalue weighted by Crippen LogP contribution is -2.48. The number of benzene rings is 2. The van der Waals surface area contributed by atoms with E-state index in [1.54, 1.807) is 24.5 Å². The number of aliphatic hydroxyl groups is 1. The molecule has 1 aromatic heterocycles. The number of methoxy groups -OCH3 is 1. The molecule has 8 heteroatoms. The van der Waals surface area contributed by atoms with E-state index in [0.717, 1.165) is 23.3 Å². The van der Waals surface area contributed by atoms with Crippen molar-refractivity contribution in [3.05, 3.63) is 94.7 Å². The predicted octanol–water partition coefficient (Wildman–Crippen LogP) is 4.33. The summed E-state index contributed by atoms with van der Waals surface area (Å²) in [5, 5.41) is 12.7. The van der Waals surface area contributed by atoms with E-state index in [2.05, 4.69) is 18.0 Å². The summed E-state index contributed by atoms with van der Waals surface area (Å²) in [6.45, 7) is 6.42. The van der Waals surface area contributed by atoms with Gasteiger partial charge in [-0.2, -0.15) is 0 Å². The number of carbonyl (C=O) groups excluding carboxylic acids is 1. The first kappa shape index (κ1) is 27.9. The molecule has 0 saturated carbocycles. The summed E-state index contributed by atoms with van der Waals surface area (Å²) in [6, 6.07) is 19.2. The van der Waals surface area contributed by atoms with Crippen LogP contribution in [0.5, 0.6) is 11.5 Å². The third kappa shape index (κ3) is 7.68. The normalized spacial score (nSPS) is 15.7. The molecule has 2 atom stereocenters. The average Bonchev–Trinajstić information content (AvgIpc) is 3.42. The summed E-state index contributed by atoms with van der Waals surface area (Å²) in [6.07, 6.45) is 1.86. The highest BCUT2D eigenvalue weighted by atomic mass is 32.1. The minimum atomic E-state index is -0.719.